The Bertz CT molecular complexity index is 523. The van der Waals surface area contributed by atoms with E-state index in [1.807, 2.05) is 18.7 Å². The quantitative estimate of drug-likeness (QED) is 0.858. The predicted octanol–water partition coefficient (Wildman–Crippen LogP) is 2.59. The number of urea groups is 1. The number of hydrogen-bond acceptors (Lipinski definition) is 2. The summed E-state index contributed by atoms with van der Waals surface area (Å²) in [5.41, 5.74) is 1.94. The second-order valence-corrected chi connectivity index (χ2v) is 6.29. The molecule has 2 rings (SSSR count). The SMILES string of the molecule is C[C](C)c1cc(F)cc(CN2CCN(C(=O)N(C)C)CC2)c1. The summed E-state index contributed by atoms with van der Waals surface area (Å²) in [5.74, 6) is 0.928. The van der Waals surface area contributed by atoms with Gasteiger partial charge in [-0.15, -0.1) is 0 Å². The molecular weight excluding hydrogens is 281 g/mol. The Morgan fingerprint density at radius 3 is 2.32 bits per heavy atom. The third-order valence-corrected chi connectivity index (χ3v) is 3.97. The van der Waals surface area contributed by atoms with E-state index in [0.29, 0.717) is 0 Å². The van der Waals surface area contributed by atoms with Gasteiger partial charge >= 0.3 is 6.03 Å². The summed E-state index contributed by atoms with van der Waals surface area (Å²) < 4.78 is 13.7. The van der Waals surface area contributed by atoms with Crippen LogP contribution < -0.4 is 0 Å². The molecule has 2 amide bonds. The fraction of sp³-hybridized carbons (Fsp3) is 0.529. The molecule has 0 spiro atoms. The normalized spacial score (nSPS) is 16.2. The molecule has 0 saturated carbocycles. The van der Waals surface area contributed by atoms with Gasteiger partial charge in [-0.3, -0.25) is 4.90 Å². The Kier molecular flexibility index (Phi) is 5.40. The van der Waals surface area contributed by atoms with Gasteiger partial charge < -0.3 is 9.80 Å². The van der Waals surface area contributed by atoms with Crippen molar-refractivity contribution >= 4 is 6.03 Å². The van der Waals surface area contributed by atoms with Gasteiger partial charge in [0.1, 0.15) is 5.82 Å². The Labute approximate surface area is 132 Å². The van der Waals surface area contributed by atoms with Crippen molar-refractivity contribution in [3.63, 3.8) is 0 Å². The van der Waals surface area contributed by atoms with E-state index in [1.54, 1.807) is 31.1 Å². The molecule has 0 aliphatic carbocycles. The number of halogens is 1. The topological polar surface area (TPSA) is 26.8 Å². The summed E-state index contributed by atoms with van der Waals surface area (Å²) in [6, 6.07) is 5.29. The van der Waals surface area contributed by atoms with Gasteiger partial charge in [0.05, 0.1) is 0 Å². The zero-order valence-electron chi connectivity index (χ0n) is 13.9. The number of nitrogens with zero attached hydrogens (tertiary/aromatic N) is 3. The van der Waals surface area contributed by atoms with Crippen LogP contribution in [-0.4, -0.2) is 61.0 Å². The first-order chi connectivity index (χ1) is 10.4. The van der Waals surface area contributed by atoms with Crippen LogP contribution >= 0.6 is 0 Å². The smallest absolute Gasteiger partial charge is 0.319 e. The molecule has 0 N–H and O–H groups in total. The minimum Gasteiger partial charge on any atom is -0.331 e. The van der Waals surface area contributed by atoms with Crippen LogP contribution in [0.4, 0.5) is 9.18 Å². The molecule has 1 fully saturated rings. The van der Waals surface area contributed by atoms with Crippen LogP contribution in [0.5, 0.6) is 0 Å². The van der Waals surface area contributed by atoms with Crippen molar-refractivity contribution in [1.29, 1.82) is 0 Å². The third-order valence-electron chi connectivity index (χ3n) is 3.97. The fourth-order valence-electron chi connectivity index (χ4n) is 2.67. The lowest BCUT2D eigenvalue weighted by Crippen LogP contribution is -2.51. The number of piperazine rings is 1. The van der Waals surface area contributed by atoms with E-state index in [9.17, 15) is 9.18 Å². The zero-order chi connectivity index (χ0) is 16.3. The van der Waals surface area contributed by atoms with Crippen LogP contribution in [0.3, 0.4) is 0 Å². The van der Waals surface area contributed by atoms with Crippen molar-refractivity contribution in [1.82, 2.24) is 14.7 Å². The predicted molar refractivity (Wildman–Crippen MR) is 86.0 cm³/mol. The molecule has 22 heavy (non-hydrogen) atoms. The number of benzene rings is 1. The molecule has 0 bridgehead atoms. The molecule has 1 saturated heterocycles. The van der Waals surface area contributed by atoms with Crippen LogP contribution in [-0.2, 0) is 6.54 Å². The van der Waals surface area contributed by atoms with E-state index in [1.165, 1.54) is 0 Å². The van der Waals surface area contributed by atoms with Crippen molar-refractivity contribution in [2.75, 3.05) is 40.3 Å². The highest BCUT2D eigenvalue weighted by Crippen LogP contribution is 2.19. The van der Waals surface area contributed by atoms with Gasteiger partial charge in [-0.2, -0.15) is 0 Å². The molecule has 121 valence electrons. The lowest BCUT2D eigenvalue weighted by Gasteiger charge is -2.36. The van der Waals surface area contributed by atoms with Crippen LogP contribution in [0.25, 0.3) is 0 Å². The minimum atomic E-state index is -0.185. The molecule has 0 aromatic heterocycles. The molecule has 0 unspecified atom stereocenters. The molecule has 1 radical (unpaired) electrons. The first-order valence-corrected chi connectivity index (χ1v) is 7.65. The second-order valence-electron chi connectivity index (χ2n) is 6.29. The lowest BCUT2D eigenvalue weighted by atomic mass is 10.0. The van der Waals surface area contributed by atoms with E-state index in [4.69, 9.17) is 0 Å². The monoisotopic (exact) mass is 306 g/mol. The van der Waals surface area contributed by atoms with E-state index in [2.05, 4.69) is 11.0 Å². The van der Waals surface area contributed by atoms with Gasteiger partial charge in [0.15, 0.2) is 0 Å². The van der Waals surface area contributed by atoms with Gasteiger partial charge in [-0.05, 0) is 29.2 Å². The fourth-order valence-corrected chi connectivity index (χ4v) is 2.67. The minimum absolute atomic E-state index is 0.0592. The molecule has 0 atom stereocenters. The zero-order valence-corrected chi connectivity index (χ0v) is 13.9. The standard InChI is InChI=1S/C17H25FN3O/c1-13(2)15-9-14(10-16(18)11-15)12-20-5-7-21(8-6-20)17(22)19(3)4/h9-11H,5-8,12H2,1-4H3. The van der Waals surface area contributed by atoms with Gasteiger partial charge in [-0.25, -0.2) is 9.18 Å². The highest BCUT2D eigenvalue weighted by atomic mass is 19.1. The van der Waals surface area contributed by atoms with Crippen molar-refractivity contribution in [2.45, 2.75) is 20.4 Å². The van der Waals surface area contributed by atoms with Gasteiger partial charge in [0.25, 0.3) is 0 Å². The van der Waals surface area contributed by atoms with Gasteiger partial charge in [0, 0.05) is 46.8 Å². The largest absolute Gasteiger partial charge is 0.331 e. The average Bonchev–Trinajstić information content (AvgIpc) is 2.46. The number of amides is 2. The van der Waals surface area contributed by atoms with Crippen molar-refractivity contribution < 1.29 is 9.18 Å². The van der Waals surface area contributed by atoms with Crippen LogP contribution in [0, 0.1) is 11.7 Å². The maximum Gasteiger partial charge on any atom is 0.319 e. The van der Waals surface area contributed by atoms with Crippen molar-refractivity contribution in [3.05, 3.63) is 41.1 Å². The molecule has 4 nitrogen and oxygen atoms in total. The van der Waals surface area contributed by atoms with Crippen LogP contribution in [0.2, 0.25) is 0 Å². The summed E-state index contributed by atoms with van der Waals surface area (Å²) in [5, 5.41) is 0. The summed E-state index contributed by atoms with van der Waals surface area (Å²) in [6.45, 7) is 7.78. The van der Waals surface area contributed by atoms with Gasteiger partial charge in [-0.1, -0.05) is 19.9 Å². The maximum atomic E-state index is 13.7. The van der Waals surface area contributed by atoms with Crippen LogP contribution in [0.1, 0.15) is 25.0 Å². The molecular formula is C17H25FN3O. The Morgan fingerprint density at radius 2 is 1.77 bits per heavy atom. The summed E-state index contributed by atoms with van der Waals surface area (Å²) >= 11 is 0. The van der Waals surface area contributed by atoms with E-state index < -0.39 is 0 Å². The number of carbonyl (C=O) groups is 1. The molecule has 5 heteroatoms. The van der Waals surface area contributed by atoms with E-state index >= 15 is 0 Å². The maximum absolute atomic E-state index is 13.7. The summed E-state index contributed by atoms with van der Waals surface area (Å²) in [6.07, 6.45) is 0. The first kappa shape index (κ1) is 16.7. The van der Waals surface area contributed by atoms with Crippen molar-refractivity contribution in [2.24, 2.45) is 0 Å². The molecule has 1 aliphatic heterocycles. The average molecular weight is 306 g/mol. The second kappa shape index (κ2) is 7.09. The molecule has 1 aliphatic rings. The molecule has 1 heterocycles. The highest BCUT2D eigenvalue weighted by molar-refractivity contribution is 5.73. The van der Waals surface area contributed by atoms with E-state index in [0.717, 1.165) is 49.8 Å². The van der Waals surface area contributed by atoms with Crippen LogP contribution in [0.15, 0.2) is 18.2 Å². The number of hydrogen-bond donors (Lipinski definition) is 0. The van der Waals surface area contributed by atoms with Gasteiger partial charge in [0.2, 0.25) is 0 Å². The number of carbonyl (C=O) groups excluding carboxylic acids is 1. The molecule has 1 aromatic rings. The number of rotatable bonds is 3. The van der Waals surface area contributed by atoms with E-state index in [-0.39, 0.29) is 11.8 Å². The molecule has 1 aromatic carbocycles. The Balaban J connectivity index is 1.95. The summed E-state index contributed by atoms with van der Waals surface area (Å²) in [4.78, 5) is 17.6. The first-order valence-electron chi connectivity index (χ1n) is 7.65. The lowest BCUT2D eigenvalue weighted by molar-refractivity contribution is 0.120. The Hall–Kier alpha value is -1.62. The third kappa shape index (κ3) is 4.19. The highest BCUT2D eigenvalue weighted by Gasteiger charge is 2.22. The Morgan fingerprint density at radius 1 is 1.14 bits per heavy atom. The van der Waals surface area contributed by atoms with Crippen molar-refractivity contribution in [3.8, 4) is 0 Å². The summed E-state index contributed by atoms with van der Waals surface area (Å²) in [7, 11) is 3.54.